The normalized spacial score (nSPS) is 27.9. The van der Waals surface area contributed by atoms with Crippen molar-refractivity contribution in [2.75, 3.05) is 13.1 Å². The summed E-state index contributed by atoms with van der Waals surface area (Å²) in [5, 5.41) is 3.74. The Morgan fingerprint density at radius 3 is 2.00 bits per heavy atom. The average molecular weight is 296 g/mol. The minimum Gasteiger partial charge on any atom is -0.316 e. The van der Waals surface area contributed by atoms with Gasteiger partial charge in [0, 0.05) is 6.54 Å². The minimum atomic E-state index is 0.471. The number of nitrogens with one attached hydrogen (secondary N) is 1. The lowest BCUT2D eigenvalue weighted by molar-refractivity contribution is 0.0703. The first-order valence-electron chi connectivity index (χ1n) is 9.29. The van der Waals surface area contributed by atoms with Gasteiger partial charge in [-0.15, -0.1) is 0 Å². The fourth-order valence-electron chi connectivity index (χ4n) is 3.78. The third-order valence-electron chi connectivity index (χ3n) is 5.60. The molecule has 1 saturated carbocycles. The molecule has 1 aliphatic rings. The van der Waals surface area contributed by atoms with Crippen LogP contribution in [0.15, 0.2) is 0 Å². The highest BCUT2D eigenvalue weighted by molar-refractivity contribution is 4.91. The van der Waals surface area contributed by atoms with Crippen LogP contribution in [-0.2, 0) is 0 Å². The molecule has 1 fully saturated rings. The van der Waals surface area contributed by atoms with Crippen LogP contribution in [0.25, 0.3) is 0 Å². The summed E-state index contributed by atoms with van der Waals surface area (Å²) in [6.07, 6.45) is 9.75. The second kappa shape index (κ2) is 7.49. The summed E-state index contributed by atoms with van der Waals surface area (Å²) in [4.78, 5) is 0. The summed E-state index contributed by atoms with van der Waals surface area (Å²) < 4.78 is 0. The largest absolute Gasteiger partial charge is 0.316 e. The second-order valence-electron chi connectivity index (χ2n) is 9.88. The molecule has 0 aromatic rings. The van der Waals surface area contributed by atoms with E-state index in [1.807, 2.05) is 0 Å². The molecule has 0 unspecified atom stereocenters. The summed E-state index contributed by atoms with van der Waals surface area (Å²) >= 11 is 0. The van der Waals surface area contributed by atoms with Gasteiger partial charge in [-0.3, -0.25) is 0 Å². The molecular weight excluding hydrogens is 254 g/mol. The molecule has 1 N–H and O–H groups in total. The molecule has 1 heteroatoms. The molecule has 1 nitrogen and oxygen atoms in total. The summed E-state index contributed by atoms with van der Waals surface area (Å²) in [6.45, 7) is 19.1. The van der Waals surface area contributed by atoms with Crippen LogP contribution in [0.3, 0.4) is 0 Å². The highest BCUT2D eigenvalue weighted by Gasteiger charge is 2.38. The van der Waals surface area contributed by atoms with Crippen LogP contribution in [0.2, 0.25) is 0 Å². The highest BCUT2D eigenvalue weighted by atomic mass is 14.9. The van der Waals surface area contributed by atoms with E-state index in [9.17, 15) is 0 Å². The van der Waals surface area contributed by atoms with Crippen LogP contribution >= 0.6 is 0 Å². The van der Waals surface area contributed by atoms with Crippen molar-refractivity contribution in [3.8, 4) is 0 Å². The van der Waals surface area contributed by atoms with E-state index < -0.39 is 0 Å². The molecule has 0 spiro atoms. The van der Waals surface area contributed by atoms with Crippen LogP contribution in [-0.4, -0.2) is 13.1 Å². The Morgan fingerprint density at radius 2 is 1.57 bits per heavy atom. The van der Waals surface area contributed by atoms with Crippen molar-refractivity contribution in [3.63, 3.8) is 0 Å². The molecule has 0 radical (unpaired) electrons. The third kappa shape index (κ3) is 6.72. The molecule has 0 amide bonds. The number of hydrogen-bond acceptors (Lipinski definition) is 1. The standard InChI is InChI=1S/C20H41N/c1-8-15-21-16-20(14-13-18(2,3)4)11-9-17(10-12-20)19(5,6)7/h17,21H,8-16H2,1-7H3. The molecule has 0 heterocycles. The van der Waals surface area contributed by atoms with Crippen LogP contribution < -0.4 is 5.32 Å². The quantitative estimate of drug-likeness (QED) is 0.589. The van der Waals surface area contributed by atoms with E-state index in [0.717, 1.165) is 5.92 Å². The van der Waals surface area contributed by atoms with Gasteiger partial charge in [-0.1, -0.05) is 48.5 Å². The van der Waals surface area contributed by atoms with Crippen LogP contribution in [0.4, 0.5) is 0 Å². The molecule has 0 aliphatic heterocycles. The van der Waals surface area contributed by atoms with Crippen molar-refractivity contribution in [2.24, 2.45) is 22.2 Å². The van der Waals surface area contributed by atoms with Crippen molar-refractivity contribution >= 4 is 0 Å². The maximum absolute atomic E-state index is 3.74. The number of hydrogen-bond donors (Lipinski definition) is 1. The first-order chi connectivity index (χ1) is 9.58. The lowest BCUT2D eigenvalue weighted by Crippen LogP contribution is -2.40. The molecule has 21 heavy (non-hydrogen) atoms. The van der Waals surface area contributed by atoms with Gasteiger partial charge in [0.05, 0.1) is 0 Å². The Bertz CT molecular complexity index is 284. The van der Waals surface area contributed by atoms with Gasteiger partial charge in [-0.05, 0) is 73.7 Å². The predicted molar refractivity (Wildman–Crippen MR) is 95.7 cm³/mol. The molecule has 0 aromatic carbocycles. The molecular formula is C20H41N. The van der Waals surface area contributed by atoms with Crippen molar-refractivity contribution in [1.82, 2.24) is 5.32 Å². The third-order valence-corrected chi connectivity index (χ3v) is 5.60. The summed E-state index contributed by atoms with van der Waals surface area (Å²) in [5.74, 6) is 0.923. The maximum atomic E-state index is 3.74. The van der Waals surface area contributed by atoms with Gasteiger partial charge < -0.3 is 5.32 Å². The van der Waals surface area contributed by atoms with E-state index in [2.05, 4.69) is 53.8 Å². The zero-order valence-electron chi connectivity index (χ0n) is 15.9. The van der Waals surface area contributed by atoms with E-state index in [1.54, 1.807) is 0 Å². The molecule has 0 atom stereocenters. The fourth-order valence-corrected chi connectivity index (χ4v) is 3.78. The zero-order valence-corrected chi connectivity index (χ0v) is 15.9. The fraction of sp³-hybridized carbons (Fsp3) is 1.00. The molecule has 126 valence electrons. The van der Waals surface area contributed by atoms with Crippen molar-refractivity contribution in [3.05, 3.63) is 0 Å². The van der Waals surface area contributed by atoms with Gasteiger partial charge >= 0.3 is 0 Å². The predicted octanol–water partition coefficient (Wildman–Crippen LogP) is 6.04. The Labute approximate surface area is 134 Å². The summed E-state index contributed by atoms with van der Waals surface area (Å²) in [5.41, 5.74) is 1.54. The maximum Gasteiger partial charge on any atom is 0.000781 e. The van der Waals surface area contributed by atoms with Crippen molar-refractivity contribution < 1.29 is 0 Å². The van der Waals surface area contributed by atoms with Crippen LogP contribution in [0, 0.1) is 22.2 Å². The summed E-state index contributed by atoms with van der Waals surface area (Å²) in [6, 6.07) is 0. The second-order valence-corrected chi connectivity index (χ2v) is 9.88. The van der Waals surface area contributed by atoms with E-state index in [0.29, 0.717) is 16.2 Å². The van der Waals surface area contributed by atoms with Crippen LogP contribution in [0.5, 0.6) is 0 Å². The van der Waals surface area contributed by atoms with Gasteiger partial charge in [0.15, 0.2) is 0 Å². The zero-order chi connectivity index (χ0) is 16.1. The van der Waals surface area contributed by atoms with E-state index in [1.165, 1.54) is 58.0 Å². The van der Waals surface area contributed by atoms with Gasteiger partial charge in [0.25, 0.3) is 0 Å². The van der Waals surface area contributed by atoms with Gasteiger partial charge in [-0.25, -0.2) is 0 Å². The monoisotopic (exact) mass is 295 g/mol. The highest BCUT2D eigenvalue weighted by Crippen LogP contribution is 2.48. The molecule has 1 aliphatic carbocycles. The van der Waals surface area contributed by atoms with Gasteiger partial charge in [0.2, 0.25) is 0 Å². The lowest BCUT2D eigenvalue weighted by Gasteiger charge is -2.45. The smallest absolute Gasteiger partial charge is 0.000781 e. The molecule has 0 bridgehead atoms. The Hall–Kier alpha value is -0.0400. The Morgan fingerprint density at radius 1 is 1.00 bits per heavy atom. The Kier molecular flexibility index (Phi) is 6.78. The van der Waals surface area contributed by atoms with E-state index in [4.69, 9.17) is 0 Å². The SMILES string of the molecule is CCCNCC1(CCC(C)(C)C)CCC(C(C)(C)C)CC1. The van der Waals surface area contributed by atoms with Gasteiger partial charge in [-0.2, -0.15) is 0 Å². The minimum absolute atomic E-state index is 0.471. The molecule has 0 saturated heterocycles. The first-order valence-corrected chi connectivity index (χ1v) is 9.29. The average Bonchev–Trinajstić information content (AvgIpc) is 2.36. The molecule has 0 aromatic heterocycles. The van der Waals surface area contributed by atoms with Crippen molar-refractivity contribution in [2.45, 2.75) is 93.4 Å². The van der Waals surface area contributed by atoms with Crippen LogP contribution in [0.1, 0.15) is 93.4 Å². The summed E-state index contributed by atoms with van der Waals surface area (Å²) in [7, 11) is 0. The van der Waals surface area contributed by atoms with E-state index >= 15 is 0 Å². The first kappa shape index (κ1) is 19.0. The topological polar surface area (TPSA) is 12.0 Å². The van der Waals surface area contributed by atoms with Crippen molar-refractivity contribution in [1.29, 1.82) is 0 Å². The Balaban J connectivity index is 2.62. The van der Waals surface area contributed by atoms with E-state index in [-0.39, 0.29) is 0 Å². The van der Waals surface area contributed by atoms with Gasteiger partial charge in [0.1, 0.15) is 0 Å². The number of rotatable bonds is 6. The molecule has 1 rings (SSSR count). The lowest BCUT2D eigenvalue weighted by atomic mass is 9.62.